The predicted molar refractivity (Wildman–Crippen MR) is 124 cm³/mol. The van der Waals surface area contributed by atoms with E-state index < -0.39 is 6.17 Å². The molecule has 4 rings (SSSR count). The maximum absolute atomic E-state index is 13.7. The third-order valence-corrected chi connectivity index (χ3v) is 5.89. The topological polar surface area (TPSA) is 70.0 Å². The highest BCUT2D eigenvalue weighted by atomic mass is 19.1. The summed E-state index contributed by atoms with van der Waals surface area (Å²) in [7, 11) is 2.99. The van der Waals surface area contributed by atoms with Crippen LogP contribution in [0.1, 0.15) is 30.1 Å². The Bertz CT molecular complexity index is 1210. The van der Waals surface area contributed by atoms with Crippen molar-refractivity contribution in [3.05, 3.63) is 58.5 Å². The molecule has 8 heteroatoms. The van der Waals surface area contributed by atoms with Crippen LogP contribution in [0.15, 0.2) is 47.4 Å². The molecule has 1 saturated heterocycles. The number of pyridine rings is 1. The minimum atomic E-state index is -0.895. The molecule has 0 radical (unpaired) electrons. The van der Waals surface area contributed by atoms with Crippen LogP contribution in [0.3, 0.4) is 0 Å². The molecule has 2 heterocycles. The van der Waals surface area contributed by atoms with Gasteiger partial charge in [-0.1, -0.05) is 0 Å². The number of carbonyl (C=O) groups excluding carboxylic acids is 1. The minimum Gasteiger partial charge on any atom is -0.494 e. The number of piperidine rings is 1. The number of likely N-dealkylation sites (tertiary alicyclic amines) is 1. The number of fused-ring (bicyclic) bond motifs is 1. The van der Waals surface area contributed by atoms with Crippen molar-refractivity contribution in [1.29, 1.82) is 0 Å². The van der Waals surface area contributed by atoms with Gasteiger partial charge in [-0.15, -0.1) is 0 Å². The second-order valence-electron chi connectivity index (χ2n) is 7.86. The number of aromatic nitrogens is 1. The van der Waals surface area contributed by atoms with Crippen LogP contribution in [0.2, 0.25) is 0 Å². The van der Waals surface area contributed by atoms with E-state index in [1.54, 1.807) is 47.5 Å². The largest absolute Gasteiger partial charge is 0.494 e. The Hall–Kier alpha value is -3.55. The average Bonchev–Trinajstić information content (AvgIpc) is 2.84. The van der Waals surface area contributed by atoms with Gasteiger partial charge in [0.2, 0.25) is 0 Å². The zero-order valence-corrected chi connectivity index (χ0v) is 19.0. The summed E-state index contributed by atoms with van der Waals surface area (Å²) < 4.78 is 31.4. The van der Waals surface area contributed by atoms with E-state index in [2.05, 4.69) is 0 Å². The molecule has 0 N–H and O–H groups in total. The maximum atomic E-state index is 13.7. The number of halogens is 1. The standard InChI is InChI=1S/C25H27FN2O5/c1-4-33-18-7-5-17(6-8-18)28-15-21(24(29)27-11-9-16(26)10-12-27)19-13-22(31-2)23(32-3)14-20(19)25(28)30/h5-8,13-16H,4,9-12H2,1-3H3. The van der Waals surface area contributed by atoms with Crippen molar-refractivity contribution >= 4 is 16.7 Å². The van der Waals surface area contributed by atoms with Crippen molar-refractivity contribution in [3.8, 4) is 22.9 Å². The molecular weight excluding hydrogens is 427 g/mol. The predicted octanol–water partition coefficient (Wildman–Crippen LogP) is 3.98. The summed E-state index contributed by atoms with van der Waals surface area (Å²) in [5, 5.41) is 0.792. The van der Waals surface area contributed by atoms with E-state index in [0.717, 1.165) is 0 Å². The molecule has 0 bridgehead atoms. The Morgan fingerprint density at radius 1 is 1.03 bits per heavy atom. The molecule has 0 unspecified atom stereocenters. The van der Waals surface area contributed by atoms with Crippen LogP contribution in [0.25, 0.3) is 16.5 Å². The van der Waals surface area contributed by atoms with Gasteiger partial charge in [-0.05, 0) is 56.2 Å². The van der Waals surface area contributed by atoms with E-state index in [-0.39, 0.29) is 11.5 Å². The SMILES string of the molecule is CCOc1ccc(-n2cc(C(=O)N3CCC(F)CC3)c3cc(OC)c(OC)cc3c2=O)cc1. The van der Waals surface area contributed by atoms with Gasteiger partial charge in [-0.25, -0.2) is 4.39 Å². The van der Waals surface area contributed by atoms with Crippen molar-refractivity contribution in [2.45, 2.75) is 25.9 Å². The maximum Gasteiger partial charge on any atom is 0.263 e. The molecule has 1 aliphatic heterocycles. The van der Waals surface area contributed by atoms with Gasteiger partial charge in [0.25, 0.3) is 11.5 Å². The summed E-state index contributed by atoms with van der Waals surface area (Å²) in [4.78, 5) is 28.6. The third kappa shape index (κ3) is 4.37. The smallest absolute Gasteiger partial charge is 0.263 e. The first kappa shape index (κ1) is 22.6. The van der Waals surface area contributed by atoms with Crippen LogP contribution in [0, 0.1) is 0 Å². The summed E-state index contributed by atoms with van der Waals surface area (Å²) >= 11 is 0. The van der Waals surface area contributed by atoms with E-state index in [9.17, 15) is 14.0 Å². The second-order valence-corrected chi connectivity index (χ2v) is 7.86. The van der Waals surface area contributed by atoms with Crippen LogP contribution in [-0.2, 0) is 0 Å². The molecule has 2 aromatic carbocycles. The first-order valence-corrected chi connectivity index (χ1v) is 10.9. The monoisotopic (exact) mass is 454 g/mol. The van der Waals surface area contributed by atoms with Crippen LogP contribution >= 0.6 is 0 Å². The lowest BCUT2D eigenvalue weighted by molar-refractivity contribution is 0.0668. The lowest BCUT2D eigenvalue weighted by Crippen LogP contribution is -2.39. The fourth-order valence-corrected chi connectivity index (χ4v) is 4.12. The summed E-state index contributed by atoms with van der Waals surface area (Å²) in [6.07, 6.45) is 1.27. The molecule has 174 valence electrons. The fraction of sp³-hybridized carbons (Fsp3) is 0.360. The number of amides is 1. The summed E-state index contributed by atoms with van der Waals surface area (Å²) in [5.74, 6) is 1.24. The van der Waals surface area contributed by atoms with Gasteiger partial charge in [-0.2, -0.15) is 0 Å². The van der Waals surface area contributed by atoms with Gasteiger partial charge >= 0.3 is 0 Å². The Labute approximate surface area is 191 Å². The molecule has 1 aliphatic rings. The van der Waals surface area contributed by atoms with Gasteiger partial charge in [0.1, 0.15) is 11.9 Å². The van der Waals surface area contributed by atoms with Gasteiger partial charge in [0.15, 0.2) is 11.5 Å². The van der Waals surface area contributed by atoms with Crippen LogP contribution in [0.5, 0.6) is 17.2 Å². The molecule has 1 fully saturated rings. The van der Waals surface area contributed by atoms with Crippen molar-refractivity contribution in [1.82, 2.24) is 9.47 Å². The number of carbonyl (C=O) groups is 1. The highest BCUT2D eigenvalue weighted by Crippen LogP contribution is 2.33. The Morgan fingerprint density at radius 3 is 2.21 bits per heavy atom. The lowest BCUT2D eigenvalue weighted by Gasteiger charge is -2.29. The number of hydrogen-bond acceptors (Lipinski definition) is 5. The molecule has 3 aromatic rings. The van der Waals surface area contributed by atoms with Crippen molar-refractivity contribution < 1.29 is 23.4 Å². The normalized spacial score (nSPS) is 14.4. The van der Waals surface area contributed by atoms with Gasteiger partial charge in [0, 0.05) is 30.4 Å². The number of benzene rings is 2. The fourth-order valence-electron chi connectivity index (χ4n) is 4.12. The zero-order valence-electron chi connectivity index (χ0n) is 19.0. The second kappa shape index (κ2) is 9.52. The highest BCUT2D eigenvalue weighted by Gasteiger charge is 2.26. The molecule has 33 heavy (non-hydrogen) atoms. The Morgan fingerprint density at radius 2 is 1.64 bits per heavy atom. The number of ether oxygens (including phenoxy) is 3. The summed E-state index contributed by atoms with van der Waals surface area (Å²) in [6, 6.07) is 10.3. The van der Waals surface area contributed by atoms with Crippen LogP contribution in [-0.4, -0.2) is 55.5 Å². The van der Waals surface area contributed by atoms with Gasteiger partial charge < -0.3 is 19.1 Å². The first-order valence-electron chi connectivity index (χ1n) is 10.9. The van der Waals surface area contributed by atoms with Crippen LogP contribution < -0.4 is 19.8 Å². The molecule has 1 amide bonds. The number of nitrogens with zero attached hydrogens (tertiary/aromatic N) is 2. The van der Waals surface area contributed by atoms with Crippen LogP contribution in [0.4, 0.5) is 4.39 Å². The van der Waals surface area contributed by atoms with Crippen molar-refractivity contribution in [2.75, 3.05) is 33.9 Å². The van der Waals surface area contributed by atoms with E-state index in [1.807, 2.05) is 6.92 Å². The third-order valence-electron chi connectivity index (χ3n) is 5.89. The zero-order chi connectivity index (χ0) is 23.5. The number of alkyl halides is 1. The quantitative estimate of drug-likeness (QED) is 0.564. The first-order chi connectivity index (χ1) is 16.0. The van der Waals surface area contributed by atoms with E-state index in [4.69, 9.17) is 14.2 Å². The average molecular weight is 454 g/mol. The molecule has 1 aromatic heterocycles. The summed E-state index contributed by atoms with van der Waals surface area (Å²) in [5.41, 5.74) is 0.641. The van der Waals surface area contributed by atoms with Crippen molar-refractivity contribution in [2.24, 2.45) is 0 Å². The molecular formula is C25H27FN2O5. The number of methoxy groups -OCH3 is 2. The van der Waals surface area contributed by atoms with E-state index >= 15 is 0 Å². The summed E-state index contributed by atoms with van der Waals surface area (Å²) in [6.45, 7) is 3.09. The molecule has 7 nitrogen and oxygen atoms in total. The molecule has 0 saturated carbocycles. The molecule has 0 atom stereocenters. The van der Waals surface area contributed by atoms with Gasteiger partial charge in [-0.3, -0.25) is 14.2 Å². The number of rotatable bonds is 6. The molecule has 0 spiro atoms. The number of hydrogen-bond donors (Lipinski definition) is 0. The van der Waals surface area contributed by atoms with E-state index in [1.165, 1.54) is 18.8 Å². The highest BCUT2D eigenvalue weighted by molar-refractivity contribution is 6.07. The van der Waals surface area contributed by atoms with Crippen molar-refractivity contribution in [3.63, 3.8) is 0 Å². The van der Waals surface area contributed by atoms with Gasteiger partial charge in [0.05, 0.1) is 31.8 Å². The lowest BCUT2D eigenvalue weighted by atomic mass is 10.0. The molecule has 0 aliphatic carbocycles. The Kier molecular flexibility index (Phi) is 6.53. The minimum absolute atomic E-state index is 0.251. The Balaban J connectivity index is 1.91. The van der Waals surface area contributed by atoms with E-state index in [0.29, 0.717) is 71.8 Å².